The van der Waals surface area contributed by atoms with Crippen molar-refractivity contribution in [3.05, 3.63) is 102 Å². The minimum Gasteiger partial charge on any atom is -0.356 e. The minimum absolute atomic E-state index is 0.00386. The van der Waals surface area contributed by atoms with Gasteiger partial charge in [0.2, 0.25) is 0 Å². The Kier molecular flexibility index (Phi) is 15.2. The maximum absolute atomic E-state index is 12.0. The van der Waals surface area contributed by atoms with Gasteiger partial charge < -0.3 is 31.5 Å². The lowest BCUT2D eigenvalue weighted by Gasteiger charge is -2.33. The maximum Gasteiger partial charge on any atom is 0.319 e. The molecule has 0 radical (unpaired) electrons. The number of halogens is 1. The number of carbonyl (C=O) groups is 4. The lowest BCUT2D eigenvalue weighted by molar-refractivity contribution is 0.100. The first-order chi connectivity index (χ1) is 24.7. The summed E-state index contributed by atoms with van der Waals surface area (Å²) in [5, 5.41) is 15.1. The molecular weight excluding hydrogens is 672 g/mol. The number of nitrogens with one attached hydrogen (secondary N) is 5. The van der Waals surface area contributed by atoms with Gasteiger partial charge in [-0.25, -0.2) is 19.6 Å². The first kappa shape index (κ1) is 38.3. The van der Waals surface area contributed by atoms with Gasteiger partial charge in [-0.3, -0.25) is 19.6 Å². The molecule has 4 amide bonds. The third kappa shape index (κ3) is 13.8. The van der Waals surface area contributed by atoms with Crippen LogP contribution in [0.5, 0.6) is 0 Å². The Bertz CT molecular complexity index is 1680. The van der Waals surface area contributed by atoms with Crippen molar-refractivity contribution in [2.75, 3.05) is 41.7 Å². The summed E-state index contributed by atoms with van der Waals surface area (Å²) in [4.78, 5) is 63.8. The summed E-state index contributed by atoms with van der Waals surface area (Å²) < 4.78 is 0. The Morgan fingerprint density at radius 2 is 1.20 bits per heavy atom. The SMILES string of the molecule is CC(=O)c1ccc(Cl)nc1.CC(=O)c1ccc(N2CCC(NC(=O)Nc3cccnc3)CC2)nc1.O=C(Nc1cccnc1)NC1CCNCC1. The average Bonchev–Trinajstić information content (AvgIpc) is 3.14. The van der Waals surface area contributed by atoms with Crippen molar-refractivity contribution in [1.82, 2.24) is 35.9 Å². The van der Waals surface area contributed by atoms with Crippen LogP contribution in [0.25, 0.3) is 0 Å². The molecule has 15 heteroatoms. The van der Waals surface area contributed by atoms with Crippen molar-refractivity contribution < 1.29 is 19.2 Å². The molecule has 4 aromatic rings. The molecule has 5 N–H and O–H groups in total. The van der Waals surface area contributed by atoms with Gasteiger partial charge in [-0.15, -0.1) is 0 Å². The van der Waals surface area contributed by atoms with Crippen molar-refractivity contribution in [3.63, 3.8) is 0 Å². The first-order valence-corrected chi connectivity index (χ1v) is 17.0. The number of anilines is 3. The quantitative estimate of drug-likeness (QED) is 0.123. The topological polar surface area (TPSA) is 183 Å². The molecule has 268 valence electrons. The lowest BCUT2D eigenvalue weighted by Crippen LogP contribution is -2.46. The number of Topliss-reactive ketones (excluding diaryl/α,β-unsaturated/α-hetero) is 2. The van der Waals surface area contributed by atoms with Crippen molar-refractivity contribution >= 4 is 52.4 Å². The van der Waals surface area contributed by atoms with E-state index in [1.807, 2.05) is 12.1 Å². The molecule has 4 aromatic heterocycles. The number of ketones is 2. The number of carbonyl (C=O) groups excluding carboxylic acids is 4. The van der Waals surface area contributed by atoms with Gasteiger partial charge in [-0.2, -0.15) is 0 Å². The minimum atomic E-state index is -0.213. The fraction of sp³-hybridized carbons (Fsp3) is 0.333. The summed E-state index contributed by atoms with van der Waals surface area (Å²) in [5.74, 6) is 0.883. The molecule has 14 nitrogen and oxygen atoms in total. The second-order valence-corrected chi connectivity index (χ2v) is 12.2. The first-order valence-electron chi connectivity index (χ1n) is 16.7. The summed E-state index contributed by atoms with van der Waals surface area (Å²) in [5.41, 5.74) is 2.60. The number of pyridine rings is 4. The molecule has 2 fully saturated rings. The molecule has 0 aromatic carbocycles. The van der Waals surface area contributed by atoms with Gasteiger partial charge in [0, 0.05) is 61.1 Å². The second-order valence-electron chi connectivity index (χ2n) is 11.9. The highest BCUT2D eigenvalue weighted by Gasteiger charge is 2.22. The van der Waals surface area contributed by atoms with Crippen LogP contribution < -0.4 is 31.5 Å². The Morgan fingerprint density at radius 1 is 0.686 bits per heavy atom. The molecule has 0 aliphatic carbocycles. The molecule has 6 heterocycles. The molecule has 2 aliphatic heterocycles. The van der Waals surface area contributed by atoms with Crippen LogP contribution in [0.15, 0.2) is 85.7 Å². The molecule has 0 atom stereocenters. The Balaban J connectivity index is 0.000000191. The normalized spacial score (nSPS) is 14.4. The lowest BCUT2D eigenvalue weighted by atomic mass is 10.1. The van der Waals surface area contributed by atoms with Crippen molar-refractivity contribution in [1.29, 1.82) is 0 Å². The van der Waals surface area contributed by atoms with Gasteiger partial charge in [-0.05, 0) is 101 Å². The smallest absolute Gasteiger partial charge is 0.319 e. The Hall–Kier alpha value is -5.47. The number of amides is 4. The fourth-order valence-electron chi connectivity index (χ4n) is 5.16. The average molecular weight is 715 g/mol. The van der Waals surface area contributed by atoms with Crippen molar-refractivity contribution in [3.8, 4) is 0 Å². The monoisotopic (exact) mass is 714 g/mol. The van der Waals surface area contributed by atoms with E-state index in [0.717, 1.165) is 57.7 Å². The summed E-state index contributed by atoms with van der Waals surface area (Å²) in [6, 6.07) is 14.1. The molecule has 2 saturated heterocycles. The van der Waals surface area contributed by atoms with E-state index < -0.39 is 0 Å². The molecule has 2 aliphatic rings. The number of hydrogen-bond acceptors (Lipinski definition) is 10. The van der Waals surface area contributed by atoms with E-state index in [1.165, 1.54) is 20.0 Å². The standard InChI is InChI=1S/C18H21N5O2.C11H16N4O.C7H6ClNO/c1-13(24)14-4-5-17(20-11-14)23-9-6-15(7-10-23)21-18(25)22-16-3-2-8-19-12-16;16-11(14-9-3-6-12-7-4-9)15-10-2-1-5-13-8-10;1-5(10)6-2-3-7(8)9-4-6/h2-5,8,11-12,15H,6-7,9-10H2,1H3,(H2,21,22,25);1-2,5,8-9,12H,3-4,6-7H2,(H2,14,15,16);2-4H,1H3. The molecular formula is C36H43ClN10O4. The summed E-state index contributed by atoms with van der Waals surface area (Å²) in [6.07, 6.45) is 13.3. The van der Waals surface area contributed by atoms with Gasteiger partial charge >= 0.3 is 12.1 Å². The van der Waals surface area contributed by atoms with E-state index in [4.69, 9.17) is 11.6 Å². The molecule has 0 bridgehead atoms. The van der Waals surface area contributed by atoms with E-state index in [2.05, 4.69) is 51.4 Å². The van der Waals surface area contributed by atoms with Crippen molar-refractivity contribution in [2.24, 2.45) is 0 Å². The number of piperidine rings is 2. The third-order valence-corrected chi connectivity index (χ3v) is 8.18. The van der Waals surface area contributed by atoms with Crippen LogP contribution in [0.3, 0.4) is 0 Å². The number of aromatic nitrogens is 4. The highest BCUT2D eigenvalue weighted by molar-refractivity contribution is 6.29. The molecule has 51 heavy (non-hydrogen) atoms. The van der Waals surface area contributed by atoms with Gasteiger partial charge in [0.1, 0.15) is 11.0 Å². The largest absolute Gasteiger partial charge is 0.356 e. The van der Waals surface area contributed by atoms with Gasteiger partial charge in [0.25, 0.3) is 0 Å². The van der Waals surface area contributed by atoms with Crippen LogP contribution >= 0.6 is 11.6 Å². The summed E-state index contributed by atoms with van der Waals surface area (Å²) >= 11 is 5.49. The second kappa shape index (κ2) is 20.3. The number of nitrogens with zero attached hydrogens (tertiary/aromatic N) is 5. The number of rotatable bonds is 7. The third-order valence-electron chi connectivity index (χ3n) is 7.96. The molecule has 6 rings (SSSR count). The molecule has 0 spiro atoms. The predicted molar refractivity (Wildman–Crippen MR) is 197 cm³/mol. The zero-order valence-electron chi connectivity index (χ0n) is 28.6. The van der Waals surface area contributed by atoms with Crippen molar-refractivity contribution in [2.45, 2.75) is 51.6 Å². The van der Waals surface area contributed by atoms with Crippen LogP contribution in [-0.2, 0) is 0 Å². The van der Waals surface area contributed by atoms with E-state index in [-0.39, 0.29) is 35.7 Å². The zero-order valence-corrected chi connectivity index (χ0v) is 29.4. The molecule has 0 saturated carbocycles. The predicted octanol–water partition coefficient (Wildman–Crippen LogP) is 5.36. The fourth-order valence-corrected chi connectivity index (χ4v) is 5.27. The Labute approximate surface area is 302 Å². The van der Waals surface area contributed by atoms with Crippen LogP contribution in [0, 0.1) is 0 Å². The highest BCUT2D eigenvalue weighted by atomic mass is 35.5. The van der Waals surface area contributed by atoms with Crippen LogP contribution in [-0.4, -0.2) is 81.8 Å². The van der Waals surface area contributed by atoms with Crippen LogP contribution in [0.2, 0.25) is 5.15 Å². The Morgan fingerprint density at radius 3 is 1.63 bits per heavy atom. The number of hydrogen-bond donors (Lipinski definition) is 5. The maximum atomic E-state index is 12.0. The van der Waals surface area contributed by atoms with Gasteiger partial charge in [0.05, 0.1) is 23.8 Å². The van der Waals surface area contributed by atoms with Gasteiger partial charge in [0.15, 0.2) is 11.6 Å². The summed E-state index contributed by atoms with van der Waals surface area (Å²) in [6.45, 7) is 6.58. The van der Waals surface area contributed by atoms with E-state index >= 15 is 0 Å². The van der Waals surface area contributed by atoms with E-state index in [1.54, 1.807) is 67.4 Å². The van der Waals surface area contributed by atoms with Crippen LogP contribution in [0.4, 0.5) is 26.8 Å². The number of urea groups is 2. The molecule has 0 unspecified atom stereocenters. The highest BCUT2D eigenvalue weighted by Crippen LogP contribution is 2.18. The van der Waals surface area contributed by atoms with Gasteiger partial charge in [-0.1, -0.05) is 11.6 Å². The summed E-state index contributed by atoms with van der Waals surface area (Å²) in [7, 11) is 0. The van der Waals surface area contributed by atoms with Crippen LogP contribution in [0.1, 0.15) is 60.2 Å². The zero-order chi connectivity index (χ0) is 36.4. The van der Waals surface area contributed by atoms with E-state index in [0.29, 0.717) is 27.7 Å². The van der Waals surface area contributed by atoms with E-state index in [9.17, 15) is 19.2 Å².